The summed E-state index contributed by atoms with van der Waals surface area (Å²) >= 11 is 0. The second-order valence-electron chi connectivity index (χ2n) is 5.71. The molecule has 0 spiro atoms. The van der Waals surface area contributed by atoms with Gasteiger partial charge in [0.25, 0.3) is 5.91 Å². The number of carbonyl (C=O) groups excluding carboxylic acids is 1. The summed E-state index contributed by atoms with van der Waals surface area (Å²) in [5, 5.41) is 2.87. The topological polar surface area (TPSA) is 92.3 Å². The van der Waals surface area contributed by atoms with Gasteiger partial charge in [0, 0.05) is 44.4 Å². The highest BCUT2D eigenvalue weighted by molar-refractivity contribution is 7.88. The fourth-order valence-corrected chi connectivity index (χ4v) is 3.52. The average molecular weight is 346 g/mol. The molecule has 1 N–H and O–H groups in total. The van der Waals surface area contributed by atoms with E-state index in [2.05, 4.69) is 15.3 Å². The number of carbonyl (C=O) groups is 1. The molecule has 0 fully saturated rings. The first-order chi connectivity index (χ1) is 11.4. The van der Waals surface area contributed by atoms with Crippen LogP contribution in [-0.2, 0) is 29.5 Å². The van der Waals surface area contributed by atoms with Crippen LogP contribution in [0.3, 0.4) is 0 Å². The zero-order valence-corrected chi connectivity index (χ0v) is 14.1. The van der Waals surface area contributed by atoms with Crippen molar-refractivity contribution in [3.63, 3.8) is 0 Å². The van der Waals surface area contributed by atoms with Crippen LogP contribution in [0.4, 0.5) is 0 Å². The molecule has 1 aliphatic heterocycles. The molecule has 126 valence electrons. The highest BCUT2D eigenvalue weighted by Crippen LogP contribution is 2.23. The molecule has 2 aromatic heterocycles. The number of rotatable bonds is 4. The summed E-state index contributed by atoms with van der Waals surface area (Å²) in [7, 11) is -3.25. The van der Waals surface area contributed by atoms with Crippen molar-refractivity contribution in [1.29, 1.82) is 0 Å². The van der Waals surface area contributed by atoms with Gasteiger partial charge in [0.1, 0.15) is 0 Å². The molecule has 0 saturated heterocycles. The maximum absolute atomic E-state index is 12.5. The number of aromatic nitrogens is 2. The third-order valence-electron chi connectivity index (χ3n) is 4.02. The molecule has 3 rings (SSSR count). The smallest absolute Gasteiger partial charge is 0.253 e. The predicted octanol–water partition coefficient (Wildman–Crippen LogP) is 0.724. The van der Waals surface area contributed by atoms with Crippen molar-refractivity contribution in [2.75, 3.05) is 12.8 Å². The maximum Gasteiger partial charge on any atom is 0.253 e. The molecule has 24 heavy (non-hydrogen) atoms. The predicted molar refractivity (Wildman–Crippen MR) is 88.6 cm³/mol. The van der Waals surface area contributed by atoms with Crippen molar-refractivity contribution >= 4 is 15.9 Å². The Hall–Kier alpha value is -2.32. The van der Waals surface area contributed by atoms with Gasteiger partial charge in [-0.3, -0.25) is 14.8 Å². The zero-order valence-electron chi connectivity index (χ0n) is 13.3. The van der Waals surface area contributed by atoms with Crippen molar-refractivity contribution in [2.24, 2.45) is 0 Å². The van der Waals surface area contributed by atoms with Gasteiger partial charge in [0.05, 0.1) is 11.8 Å². The molecule has 2 aromatic rings. The Balaban J connectivity index is 1.77. The van der Waals surface area contributed by atoms with E-state index in [0.717, 1.165) is 16.7 Å². The van der Waals surface area contributed by atoms with E-state index in [0.29, 0.717) is 25.1 Å². The molecular weight excluding hydrogens is 328 g/mol. The summed E-state index contributed by atoms with van der Waals surface area (Å²) in [5.41, 5.74) is 3.12. The fourth-order valence-electron chi connectivity index (χ4n) is 2.72. The van der Waals surface area contributed by atoms with Crippen LogP contribution in [0, 0.1) is 0 Å². The highest BCUT2D eigenvalue weighted by Gasteiger charge is 2.26. The maximum atomic E-state index is 12.5. The number of sulfonamides is 1. The van der Waals surface area contributed by atoms with Gasteiger partial charge in [-0.2, -0.15) is 4.31 Å². The van der Waals surface area contributed by atoms with Crippen LogP contribution in [0.5, 0.6) is 0 Å². The van der Waals surface area contributed by atoms with Gasteiger partial charge in [0.15, 0.2) is 0 Å². The Morgan fingerprint density at radius 1 is 1.25 bits per heavy atom. The van der Waals surface area contributed by atoms with Crippen molar-refractivity contribution in [1.82, 2.24) is 19.6 Å². The summed E-state index contributed by atoms with van der Waals surface area (Å²) < 4.78 is 24.8. The first-order valence-electron chi connectivity index (χ1n) is 7.53. The Morgan fingerprint density at radius 2 is 2.00 bits per heavy atom. The number of hydrogen-bond donors (Lipinski definition) is 1. The molecule has 0 unspecified atom stereocenters. The van der Waals surface area contributed by atoms with Crippen LogP contribution >= 0.6 is 0 Å². The molecule has 0 atom stereocenters. The Labute approximate surface area is 140 Å². The summed E-state index contributed by atoms with van der Waals surface area (Å²) in [6.45, 7) is 1.04. The molecule has 1 aliphatic rings. The van der Waals surface area contributed by atoms with Gasteiger partial charge in [-0.15, -0.1) is 0 Å². The van der Waals surface area contributed by atoms with Crippen LogP contribution in [-0.4, -0.2) is 41.4 Å². The Kier molecular flexibility index (Phi) is 4.59. The van der Waals surface area contributed by atoms with E-state index in [1.807, 2.05) is 12.1 Å². The lowest BCUT2D eigenvalue weighted by Gasteiger charge is -2.27. The average Bonchev–Trinajstić information content (AvgIpc) is 2.58. The lowest BCUT2D eigenvalue weighted by molar-refractivity contribution is 0.0949. The molecule has 3 heterocycles. The first-order valence-corrected chi connectivity index (χ1v) is 9.38. The molecule has 0 aromatic carbocycles. The Morgan fingerprint density at radius 3 is 2.71 bits per heavy atom. The van der Waals surface area contributed by atoms with Gasteiger partial charge >= 0.3 is 0 Å². The van der Waals surface area contributed by atoms with E-state index in [1.54, 1.807) is 18.6 Å². The summed E-state index contributed by atoms with van der Waals surface area (Å²) in [4.78, 5) is 20.5. The molecule has 7 nitrogen and oxygen atoms in total. The Bertz CT molecular complexity index is 853. The minimum Gasteiger partial charge on any atom is -0.348 e. The third kappa shape index (κ3) is 3.60. The molecule has 0 aliphatic carbocycles. The van der Waals surface area contributed by atoms with Crippen LogP contribution in [0.15, 0.2) is 36.9 Å². The summed E-state index contributed by atoms with van der Waals surface area (Å²) in [6, 6.07) is 3.67. The minimum absolute atomic E-state index is 0.205. The van der Waals surface area contributed by atoms with Gasteiger partial charge in [0.2, 0.25) is 10.0 Å². The van der Waals surface area contributed by atoms with Crippen LogP contribution in [0.2, 0.25) is 0 Å². The minimum atomic E-state index is -3.25. The summed E-state index contributed by atoms with van der Waals surface area (Å²) in [6.07, 6.45) is 8.21. The number of amides is 1. The largest absolute Gasteiger partial charge is 0.348 e. The standard InChI is InChI=1S/C16H18N4O3S/c1-24(22,23)20-7-4-14-13(11-20)9-18-10-15(14)16(21)19-8-12-2-5-17-6-3-12/h2-3,5-6,9-10H,4,7-8,11H2,1H3,(H,19,21). The fraction of sp³-hybridized carbons (Fsp3) is 0.312. The van der Waals surface area contributed by atoms with Gasteiger partial charge in [-0.25, -0.2) is 8.42 Å². The second kappa shape index (κ2) is 6.66. The zero-order chi connectivity index (χ0) is 17.2. The monoisotopic (exact) mass is 346 g/mol. The molecule has 0 radical (unpaired) electrons. The van der Waals surface area contributed by atoms with Crippen molar-refractivity contribution < 1.29 is 13.2 Å². The van der Waals surface area contributed by atoms with E-state index in [-0.39, 0.29) is 12.5 Å². The van der Waals surface area contributed by atoms with E-state index in [1.165, 1.54) is 16.8 Å². The van der Waals surface area contributed by atoms with Crippen molar-refractivity contribution in [3.8, 4) is 0 Å². The number of nitrogens with zero attached hydrogens (tertiary/aromatic N) is 3. The first kappa shape index (κ1) is 16.5. The number of hydrogen-bond acceptors (Lipinski definition) is 5. The quantitative estimate of drug-likeness (QED) is 0.881. The van der Waals surface area contributed by atoms with Gasteiger partial charge < -0.3 is 5.32 Å². The van der Waals surface area contributed by atoms with E-state index < -0.39 is 10.0 Å². The third-order valence-corrected chi connectivity index (χ3v) is 5.27. The molecule has 0 saturated carbocycles. The number of nitrogens with one attached hydrogen (secondary N) is 1. The van der Waals surface area contributed by atoms with Crippen LogP contribution in [0.1, 0.15) is 27.0 Å². The molecule has 1 amide bonds. The van der Waals surface area contributed by atoms with E-state index in [4.69, 9.17) is 0 Å². The van der Waals surface area contributed by atoms with Crippen molar-refractivity contribution in [2.45, 2.75) is 19.5 Å². The SMILES string of the molecule is CS(=O)(=O)N1CCc2c(cncc2C(=O)NCc2ccncc2)C1. The van der Waals surface area contributed by atoms with Crippen LogP contribution < -0.4 is 5.32 Å². The van der Waals surface area contributed by atoms with E-state index in [9.17, 15) is 13.2 Å². The van der Waals surface area contributed by atoms with Gasteiger partial charge in [-0.1, -0.05) is 0 Å². The second-order valence-corrected chi connectivity index (χ2v) is 7.69. The number of pyridine rings is 2. The normalized spacial score (nSPS) is 14.9. The highest BCUT2D eigenvalue weighted by atomic mass is 32.2. The van der Waals surface area contributed by atoms with Gasteiger partial charge in [-0.05, 0) is 35.2 Å². The number of fused-ring (bicyclic) bond motifs is 1. The lowest BCUT2D eigenvalue weighted by Crippen LogP contribution is -2.36. The molecule has 0 bridgehead atoms. The van der Waals surface area contributed by atoms with Crippen LogP contribution in [0.25, 0.3) is 0 Å². The lowest BCUT2D eigenvalue weighted by atomic mass is 9.98. The van der Waals surface area contributed by atoms with Crippen molar-refractivity contribution in [3.05, 3.63) is 59.2 Å². The summed E-state index contributed by atoms with van der Waals surface area (Å²) in [5.74, 6) is -0.205. The molecular formula is C16H18N4O3S. The van der Waals surface area contributed by atoms with E-state index >= 15 is 0 Å². The molecule has 8 heteroatoms.